The maximum atomic E-state index is 11.4. The summed E-state index contributed by atoms with van der Waals surface area (Å²) in [5.41, 5.74) is 2.47. The van der Waals surface area contributed by atoms with E-state index in [1.54, 1.807) is 36.8 Å². The number of hydrogen-bond acceptors (Lipinski definition) is 7. The zero-order valence-corrected chi connectivity index (χ0v) is 15.5. The number of fused-ring (bicyclic) bond motifs is 3. The lowest BCUT2D eigenvalue weighted by Gasteiger charge is -2.12. The second-order valence-corrected chi connectivity index (χ2v) is 7.09. The summed E-state index contributed by atoms with van der Waals surface area (Å²) in [5, 5.41) is 17.6. The number of aromatic nitrogens is 4. The lowest BCUT2D eigenvalue weighted by Crippen LogP contribution is -2.08. The van der Waals surface area contributed by atoms with E-state index in [1.165, 1.54) is 0 Å². The fourth-order valence-electron chi connectivity index (χ4n) is 3.21. The molecule has 1 aliphatic rings. The maximum Gasteiger partial charge on any atom is 0.335 e. The minimum atomic E-state index is -0.987. The number of benzene rings is 1. The number of carboxylic acid groups (broad SMARTS) is 1. The highest BCUT2D eigenvalue weighted by molar-refractivity contribution is 6.09. The molecule has 0 spiro atoms. The highest BCUT2D eigenvalue weighted by Gasteiger charge is 2.22. The number of nitrogens with one attached hydrogen (secondary N) is 2. The molecule has 8 heteroatoms. The van der Waals surface area contributed by atoms with Gasteiger partial charge < -0.3 is 15.7 Å². The predicted molar refractivity (Wildman–Crippen MR) is 110 cm³/mol. The molecule has 3 aromatic heterocycles. The van der Waals surface area contributed by atoms with Crippen LogP contribution in [0.25, 0.3) is 21.8 Å². The van der Waals surface area contributed by atoms with Crippen LogP contribution in [0, 0.1) is 0 Å². The van der Waals surface area contributed by atoms with Crippen LogP contribution >= 0.6 is 0 Å². The number of rotatable bonds is 6. The van der Waals surface area contributed by atoms with E-state index >= 15 is 0 Å². The Balaban J connectivity index is 1.63. The quantitative estimate of drug-likeness (QED) is 0.432. The summed E-state index contributed by atoms with van der Waals surface area (Å²) in [6.07, 6.45) is 7.53. The first-order valence-corrected chi connectivity index (χ1v) is 9.40. The number of carbonyl (C=O) groups is 1. The van der Waals surface area contributed by atoms with Crippen molar-refractivity contribution in [2.75, 3.05) is 10.6 Å². The normalized spacial score (nSPS) is 13.5. The van der Waals surface area contributed by atoms with Crippen LogP contribution in [0.5, 0.6) is 0 Å². The van der Waals surface area contributed by atoms with Crippen LogP contribution < -0.4 is 10.6 Å². The number of pyridine rings is 2. The Bertz CT molecular complexity index is 1220. The Hall–Kier alpha value is -3.81. The van der Waals surface area contributed by atoms with Crippen LogP contribution in [-0.4, -0.2) is 37.1 Å². The number of hydrogen-bond donors (Lipinski definition) is 3. The number of aromatic carboxylic acids is 1. The minimum Gasteiger partial charge on any atom is -0.478 e. The highest BCUT2D eigenvalue weighted by Crippen LogP contribution is 2.30. The molecule has 0 unspecified atom stereocenters. The van der Waals surface area contributed by atoms with Gasteiger partial charge in [0, 0.05) is 41.9 Å². The topological polar surface area (TPSA) is 113 Å². The highest BCUT2D eigenvalue weighted by atomic mass is 16.4. The molecule has 8 nitrogen and oxygen atoms in total. The average molecular weight is 386 g/mol. The standard InChI is InChI=1S/C21H18N6O2/c28-20(29)13-3-6-15-16-11-24-21(25-14-4-5-14)27-18(16)19(26-17(15)8-13)23-10-12-2-1-7-22-9-12/h1-3,6-9,11,14H,4-5,10H2,(H,23,26)(H,28,29)(H,24,25,27). The molecule has 3 heterocycles. The molecule has 1 fully saturated rings. The fraction of sp³-hybridized carbons (Fsp3) is 0.190. The minimum absolute atomic E-state index is 0.190. The van der Waals surface area contributed by atoms with Crippen molar-refractivity contribution in [3.05, 3.63) is 60.0 Å². The van der Waals surface area contributed by atoms with Gasteiger partial charge >= 0.3 is 5.97 Å². The lowest BCUT2D eigenvalue weighted by molar-refractivity contribution is 0.0697. The first-order valence-electron chi connectivity index (χ1n) is 9.40. The number of nitrogens with zero attached hydrogens (tertiary/aromatic N) is 4. The van der Waals surface area contributed by atoms with E-state index < -0.39 is 5.97 Å². The molecule has 0 radical (unpaired) electrons. The second kappa shape index (κ2) is 6.97. The maximum absolute atomic E-state index is 11.4. The van der Waals surface area contributed by atoms with Crippen LogP contribution in [0.1, 0.15) is 28.8 Å². The second-order valence-electron chi connectivity index (χ2n) is 7.09. The number of carboxylic acids is 1. The number of anilines is 2. The van der Waals surface area contributed by atoms with Gasteiger partial charge in [0.05, 0.1) is 11.1 Å². The Kier molecular flexibility index (Phi) is 4.16. The van der Waals surface area contributed by atoms with Crippen LogP contribution in [0.2, 0.25) is 0 Å². The van der Waals surface area contributed by atoms with E-state index in [0.717, 1.165) is 29.2 Å². The van der Waals surface area contributed by atoms with Gasteiger partial charge in [-0.3, -0.25) is 4.98 Å². The van der Waals surface area contributed by atoms with Crippen molar-refractivity contribution in [2.24, 2.45) is 0 Å². The molecule has 1 aromatic carbocycles. The fourth-order valence-corrected chi connectivity index (χ4v) is 3.21. The van der Waals surface area contributed by atoms with Crippen molar-refractivity contribution in [1.82, 2.24) is 19.9 Å². The van der Waals surface area contributed by atoms with E-state index in [9.17, 15) is 9.90 Å². The monoisotopic (exact) mass is 386 g/mol. The van der Waals surface area contributed by atoms with E-state index in [1.807, 2.05) is 12.1 Å². The Morgan fingerprint density at radius 2 is 2.03 bits per heavy atom. The molecular formula is C21H18N6O2. The van der Waals surface area contributed by atoms with Gasteiger partial charge in [-0.15, -0.1) is 0 Å². The molecule has 0 amide bonds. The van der Waals surface area contributed by atoms with Crippen molar-refractivity contribution in [2.45, 2.75) is 25.4 Å². The Labute approximate surface area is 166 Å². The summed E-state index contributed by atoms with van der Waals surface area (Å²) in [6, 6.07) is 9.19. The molecule has 0 bridgehead atoms. The first kappa shape index (κ1) is 17.3. The summed E-state index contributed by atoms with van der Waals surface area (Å²) in [5.74, 6) is 0.173. The molecule has 1 saturated carbocycles. The predicted octanol–water partition coefficient (Wildman–Crippen LogP) is 3.46. The molecule has 0 saturated heterocycles. The van der Waals surface area contributed by atoms with Gasteiger partial charge in [-0.25, -0.2) is 19.7 Å². The van der Waals surface area contributed by atoms with Crippen LogP contribution in [0.4, 0.5) is 11.8 Å². The zero-order chi connectivity index (χ0) is 19.8. The van der Waals surface area contributed by atoms with Gasteiger partial charge in [0.15, 0.2) is 5.82 Å². The van der Waals surface area contributed by atoms with Gasteiger partial charge in [0.2, 0.25) is 5.95 Å². The summed E-state index contributed by atoms with van der Waals surface area (Å²) in [4.78, 5) is 29.3. The van der Waals surface area contributed by atoms with Crippen molar-refractivity contribution in [3.8, 4) is 0 Å². The molecule has 0 atom stereocenters. The molecule has 29 heavy (non-hydrogen) atoms. The third-order valence-electron chi connectivity index (χ3n) is 4.87. The van der Waals surface area contributed by atoms with E-state index in [0.29, 0.717) is 35.4 Å². The molecule has 3 N–H and O–H groups in total. The SMILES string of the molecule is O=C(O)c1ccc2c(c1)nc(NCc1cccnc1)c1nc(NC3CC3)ncc12. The third-order valence-corrected chi connectivity index (χ3v) is 4.87. The molecule has 144 valence electrons. The Morgan fingerprint density at radius 1 is 1.14 bits per heavy atom. The van der Waals surface area contributed by atoms with E-state index in [-0.39, 0.29) is 5.56 Å². The molecular weight excluding hydrogens is 368 g/mol. The van der Waals surface area contributed by atoms with Crippen molar-refractivity contribution in [1.29, 1.82) is 0 Å². The van der Waals surface area contributed by atoms with E-state index in [2.05, 4.69) is 25.6 Å². The average Bonchev–Trinajstić information content (AvgIpc) is 3.56. The van der Waals surface area contributed by atoms with Crippen molar-refractivity contribution < 1.29 is 9.90 Å². The first-order chi connectivity index (χ1) is 14.2. The van der Waals surface area contributed by atoms with Crippen LogP contribution in [-0.2, 0) is 6.54 Å². The largest absolute Gasteiger partial charge is 0.478 e. The third kappa shape index (κ3) is 3.52. The Morgan fingerprint density at radius 3 is 2.79 bits per heavy atom. The molecule has 5 rings (SSSR count). The molecule has 1 aliphatic carbocycles. The van der Waals surface area contributed by atoms with Gasteiger partial charge in [0.1, 0.15) is 5.52 Å². The van der Waals surface area contributed by atoms with Gasteiger partial charge in [-0.2, -0.15) is 0 Å². The van der Waals surface area contributed by atoms with Gasteiger partial charge in [-0.05, 0) is 36.6 Å². The van der Waals surface area contributed by atoms with Crippen LogP contribution in [0.3, 0.4) is 0 Å². The van der Waals surface area contributed by atoms with Gasteiger partial charge in [-0.1, -0.05) is 12.1 Å². The zero-order valence-electron chi connectivity index (χ0n) is 15.5. The van der Waals surface area contributed by atoms with Crippen molar-refractivity contribution >= 4 is 39.5 Å². The van der Waals surface area contributed by atoms with Gasteiger partial charge in [0.25, 0.3) is 0 Å². The van der Waals surface area contributed by atoms with E-state index in [4.69, 9.17) is 4.98 Å². The molecule has 4 aromatic rings. The molecule has 0 aliphatic heterocycles. The summed E-state index contributed by atoms with van der Waals surface area (Å²) < 4.78 is 0. The lowest BCUT2D eigenvalue weighted by atomic mass is 10.1. The van der Waals surface area contributed by atoms with Crippen molar-refractivity contribution in [3.63, 3.8) is 0 Å². The summed E-state index contributed by atoms with van der Waals surface area (Å²) in [6.45, 7) is 0.523. The summed E-state index contributed by atoms with van der Waals surface area (Å²) in [7, 11) is 0. The van der Waals surface area contributed by atoms with Crippen LogP contribution in [0.15, 0.2) is 48.9 Å². The summed E-state index contributed by atoms with van der Waals surface area (Å²) >= 11 is 0. The smallest absolute Gasteiger partial charge is 0.335 e.